The number of aliphatic imine (C=N–C) groups is 1. The molecule has 96 valence electrons. The van der Waals surface area contributed by atoms with Crippen LogP contribution < -0.4 is 11.1 Å². The Bertz CT molecular complexity index is 249. The van der Waals surface area contributed by atoms with Crippen molar-refractivity contribution in [3.05, 3.63) is 0 Å². The van der Waals surface area contributed by atoms with Crippen LogP contribution >= 0.6 is 0 Å². The first-order valence-corrected chi connectivity index (χ1v) is 6.61. The normalized spacial score (nSPS) is 14.9. The van der Waals surface area contributed by atoms with Gasteiger partial charge in [-0.1, -0.05) is 0 Å². The molecule has 0 bridgehead atoms. The van der Waals surface area contributed by atoms with Crippen LogP contribution in [0, 0.1) is 0 Å². The number of nitrogens with two attached hydrogens (primary N) is 1. The summed E-state index contributed by atoms with van der Waals surface area (Å²) in [5.74, 6) is 0.951. The average Bonchev–Trinajstić information content (AvgIpc) is 2.16. The van der Waals surface area contributed by atoms with Crippen LogP contribution in [0.15, 0.2) is 4.99 Å². The lowest BCUT2D eigenvalue weighted by Gasteiger charge is -2.17. The molecule has 1 atom stereocenters. The minimum Gasteiger partial charge on any atom is -0.383 e. The third kappa shape index (κ3) is 7.64. The Kier molecular flexibility index (Phi) is 7.33. The van der Waals surface area contributed by atoms with Gasteiger partial charge in [-0.3, -0.25) is 9.20 Å². The number of nitrogens with zero attached hydrogens (tertiary/aromatic N) is 1. The van der Waals surface area contributed by atoms with Gasteiger partial charge in [-0.25, -0.2) is 0 Å². The van der Waals surface area contributed by atoms with E-state index >= 15 is 0 Å². The van der Waals surface area contributed by atoms with Gasteiger partial charge in [-0.05, 0) is 20.8 Å². The molecule has 0 aliphatic carbocycles. The summed E-state index contributed by atoms with van der Waals surface area (Å²) in [4.78, 5) is 4.03. The Labute approximate surface area is 100 Å². The number of guanidine groups is 1. The third-order valence-electron chi connectivity index (χ3n) is 1.85. The van der Waals surface area contributed by atoms with E-state index in [2.05, 4.69) is 10.3 Å². The van der Waals surface area contributed by atoms with Crippen molar-refractivity contribution in [2.24, 2.45) is 10.7 Å². The molecule has 0 spiro atoms. The van der Waals surface area contributed by atoms with Crippen molar-refractivity contribution in [2.75, 3.05) is 32.6 Å². The third-order valence-corrected chi connectivity index (χ3v) is 3.80. The van der Waals surface area contributed by atoms with Crippen molar-refractivity contribution in [1.29, 1.82) is 0 Å². The lowest BCUT2D eigenvalue weighted by Crippen LogP contribution is -2.37. The molecule has 0 radical (unpaired) electrons. The number of nitrogens with one attached hydrogen (secondary N) is 1. The lowest BCUT2D eigenvalue weighted by molar-refractivity contribution is 0.208. The Morgan fingerprint density at radius 2 is 2.12 bits per heavy atom. The molecule has 0 heterocycles. The maximum atomic E-state index is 11.7. The SMILES string of the molecule is COCCN=C(N)NCCS(=O)C(C)(C)C. The molecule has 6 heteroatoms. The second-order valence-electron chi connectivity index (χ2n) is 4.35. The smallest absolute Gasteiger partial charge is 0.188 e. The van der Waals surface area contributed by atoms with E-state index in [-0.39, 0.29) is 4.75 Å². The van der Waals surface area contributed by atoms with Gasteiger partial charge >= 0.3 is 0 Å². The summed E-state index contributed by atoms with van der Waals surface area (Å²) < 4.78 is 16.3. The van der Waals surface area contributed by atoms with Gasteiger partial charge in [-0.15, -0.1) is 0 Å². The molecule has 0 rings (SSSR count). The van der Waals surface area contributed by atoms with Gasteiger partial charge < -0.3 is 15.8 Å². The number of hydrogen-bond acceptors (Lipinski definition) is 3. The van der Waals surface area contributed by atoms with E-state index in [0.717, 1.165) is 0 Å². The van der Waals surface area contributed by atoms with E-state index in [9.17, 15) is 4.21 Å². The number of rotatable bonds is 6. The first kappa shape index (κ1) is 15.4. The molecule has 0 aromatic carbocycles. The standard InChI is InChI=1S/C10H23N3O2S/c1-10(2,3)16(14)8-6-13-9(11)12-5-7-15-4/h5-8H2,1-4H3,(H3,11,12,13). The van der Waals surface area contributed by atoms with Crippen LogP contribution in [0.1, 0.15) is 20.8 Å². The summed E-state index contributed by atoms with van der Waals surface area (Å²) >= 11 is 0. The molecule has 1 unspecified atom stereocenters. The van der Waals surface area contributed by atoms with Crippen molar-refractivity contribution in [2.45, 2.75) is 25.5 Å². The fraction of sp³-hybridized carbons (Fsp3) is 0.900. The van der Waals surface area contributed by atoms with Crippen LogP contribution in [0.5, 0.6) is 0 Å². The molecule has 0 aliphatic rings. The van der Waals surface area contributed by atoms with Crippen LogP contribution in [-0.4, -0.2) is 47.5 Å². The summed E-state index contributed by atoms with van der Waals surface area (Å²) in [7, 11) is 0.758. The van der Waals surface area contributed by atoms with E-state index in [1.54, 1.807) is 7.11 Å². The summed E-state index contributed by atoms with van der Waals surface area (Å²) in [5, 5.41) is 2.92. The van der Waals surface area contributed by atoms with Gasteiger partial charge in [0.2, 0.25) is 0 Å². The molecular formula is C10H23N3O2S. The van der Waals surface area contributed by atoms with Crippen LogP contribution in [0.25, 0.3) is 0 Å². The second-order valence-corrected chi connectivity index (χ2v) is 6.67. The topological polar surface area (TPSA) is 76.7 Å². The monoisotopic (exact) mass is 249 g/mol. The molecule has 0 aliphatic heterocycles. The fourth-order valence-corrected chi connectivity index (χ4v) is 1.79. The first-order chi connectivity index (χ1) is 7.38. The second kappa shape index (κ2) is 7.62. The average molecular weight is 249 g/mol. The highest BCUT2D eigenvalue weighted by Gasteiger charge is 2.18. The van der Waals surface area contributed by atoms with E-state index in [0.29, 0.717) is 31.4 Å². The molecule has 0 saturated carbocycles. The maximum absolute atomic E-state index is 11.7. The van der Waals surface area contributed by atoms with Gasteiger partial charge in [0, 0.05) is 35.0 Å². The quantitative estimate of drug-likeness (QED) is 0.397. The van der Waals surface area contributed by atoms with E-state index in [1.165, 1.54) is 0 Å². The van der Waals surface area contributed by atoms with Gasteiger partial charge in [0.15, 0.2) is 5.96 Å². The molecule has 0 aromatic rings. The highest BCUT2D eigenvalue weighted by atomic mass is 32.2. The Hall–Kier alpha value is -0.620. The summed E-state index contributed by atoms with van der Waals surface area (Å²) in [6.07, 6.45) is 0. The molecular weight excluding hydrogens is 226 g/mol. The number of hydrogen-bond donors (Lipinski definition) is 2. The molecule has 0 saturated heterocycles. The van der Waals surface area contributed by atoms with Crippen molar-refractivity contribution >= 4 is 16.8 Å². The highest BCUT2D eigenvalue weighted by molar-refractivity contribution is 7.86. The van der Waals surface area contributed by atoms with Crippen LogP contribution in [0.4, 0.5) is 0 Å². The zero-order valence-electron chi connectivity index (χ0n) is 10.6. The van der Waals surface area contributed by atoms with Gasteiger partial charge in [0.25, 0.3) is 0 Å². The van der Waals surface area contributed by atoms with E-state index in [1.807, 2.05) is 20.8 Å². The first-order valence-electron chi connectivity index (χ1n) is 5.29. The van der Waals surface area contributed by atoms with Crippen molar-refractivity contribution in [3.63, 3.8) is 0 Å². The van der Waals surface area contributed by atoms with Gasteiger partial charge in [0.1, 0.15) is 0 Å². The molecule has 0 fully saturated rings. The molecule has 0 aromatic heterocycles. The zero-order valence-corrected chi connectivity index (χ0v) is 11.4. The molecule has 16 heavy (non-hydrogen) atoms. The van der Waals surface area contributed by atoms with E-state index in [4.69, 9.17) is 10.5 Å². The predicted molar refractivity (Wildman–Crippen MR) is 69.1 cm³/mol. The molecule has 3 N–H and O–H groups in total. The summed E-state index contributed by atoms with van der Waals surface area (Å²) in [5.41, 5.74) is 5.59. The van der Waals surface area contributed by atoms with Gasteiger partial charge in [0.05, 0.1) is 13.2 Å². The zero-order chi connectivity index (χ0) is 12.6. The van der Waals surface area contributed by atoms with Crippen LogP contribution in [0.3, 0.4) is 0 Å². The van der Waals surface area contributed by atoms with E-state index < -0.39 is 10.8 Å². The molecule has 0 amide bonds. The maximum Gasteiger partial charge on any atom is 0.188 e. The largest absolute Gasteiger partial charge is 0.383 e. The van der Waals surface area contributed by atoms with Crippen molar-refractivity contribution in [1.82, 2.24) is 5.32 Å². The fourth-order valence-electron chi connectivity index (χ4n) is 0.891. The predicted octanol–water partition coefficient (Wildman–Crippen LogP) is 0.0843. The Balaban J connectivity index is 3.74. The van der Waals surface area contributed by atoms with Crippen molar-refractivity contribution in [3.8, 4) is 0 Å². The summed E-state index contributed by atoms with van der Waals surface area (Å²) in [6.45, 7) is 7.54. The van der Waals surface area contributed by atoms with Crippen LogP contribution in [-0.2, 0) is 15.5 Å². The minimum absolute atomic E-state index is 0.177. The molecule has 5 nitrogen and oxygen atoms in total. The van der Waals surface area contributed by atoms with Gasteiger partial charge in [-0.2, -0.15) is 0 Å². The minimum atomic E-state index is -0.859. The lowest BCUT2D eigenvalue weighted by atomic mass is 10.3. The highest BCUT2D eigenvalue weighted by Crippen LogP contribution is 2.10. The summed E-state index contributed by atoms with van der Waals surface area (Å²) in [6, 6.07) is 0. The Morgan fingerprint density at radius 3 is 2.62 bits per heavy atom. The van der Waals surface area contributed by atoms with Crippen molar-refractivity contribution < 1.29 is 8.95 Å². The van der Waals surface area contributed by atoms with Crippen LogP contribution in [0.2, 0.25) is 0 Å². The Morgan fingerprint density at radius 1 is 1.50 bits per heavy atom. The number of methoxy groups -OCH3 is 1. The number of ether oxygens (including phenoxy) is 1.